The Morgan fingerprint density at radius 1 is 1.19 bits per heavy atom. The van der Waals surface area contributed by atoms with Crippen molar-refractivity contribution in [2.24, 2.45) is 5.92 Å². The summed E-state index contributed by atoms with van der Waals surface area (Å²) in [6.07, 6.45) is 5.44. The summed E-state index contributed by atoms with van der Waals surface area (Å²) in [5.41, 5.74) is 2.73. The lowest BCUT2D eigenvalue weighted by molar-refractivity contribution is 0.126. The van der Waals surface area contributed by atoms with Crippen LogP contribution in [0.25, 0.3) is 0 Å². The molecule has 7 nitrogen and oxygen atoms in total. The minimum atomic E-state index is -0.0583. The van der Waals surface area contributed by atoms with Crippen molar-refractivity contribution in [1.29, 1.82) is 0 Å². The Morgan fingerprint density at radius 3 is 2.52 bits per heavy atom. The first-order valence-electron chi connectivity index (χ1n) is 11.1. The molecule has 0 saturated carbocycles. The minimum Gasteiger partial charge on any atom is -0.493 e. The van der Waals surface area contributed by atoms with Crippen LogP contribution < -0.4 is 10.1 Å². The van der Waals surface area contributed by atoms with Gasteiger partial charge < -0.3 is 19.9 Å². The van der Waals surface area contributed by atoms with Crippen LogP contribution in [0.15, 0.2) is 36.7 Å². The predicted molar refractivity (Wildman–Crippen MR) is 122 cm³/mol. The van der Waals surface area contributed by atoms with Gasteiger partial charge in [0.15, 0.2) is 0 Å². The first-order valence-corrected chi connectivity index (χ1v) is 11.1. The highest BCUT2D eigenvalue weighted by molar-refractivity contribution is 5.74. The van der Waals surface area contributed by atoms with E-state index in [1.807, 2.05) is 36.1 Å². The molecule has 7 heteroatoms. The van der Waals surface area contributed by atoms with Crippen LogP contribution in [0.1, 0.15) is 43.6 Å². The number of hydrogen-bond acceptors (Lipinski definition) is 5. The number of likely N-dealkylation sites (tertiary alicyclic amines) is 1. The van der Waals surface area contributed by atoms with Gasteiger partial charge in [-0.25, -0.2) is 4.79 Å². The zero-order valence-corrected chi connectivity index (χ0v) is 19.2. The van der Waals surface area contributed by atoms with Crippen LogP contribution in [0.2, 0.25) is 0 Å². The Labute approximate surface area is 185 Å². The lowest BCUT2D eigenvalue weighted by Gasteiger charge is -2.37. The molecule has 2 aromatic rings. The topological polar surface area (TPSA) is 70.6 Å². The van der Waals surface area contributed by atoms with Gasteiger partial charge in [-0.2, -0.15) is 0 Å². The van der Waals surface area contributed by atoms with E-state index < -0.39 is 0 Å². The van der Waals surface area contributed by atoms with Crippen LogP contribution in [0.5, 0.6) is 5.75 Å². The summed E-state index contributed by atoms with van der Waals surface area (Å²) in [4.78, 5) is 26.2. The number of carbonyl (C=O) groups excluding carboxylic acids is 1. The van der Waals surface area contributed by atoms with Gasteiger partial charge in [-0.15, -0.1) is 0 Å². The second kappa shape index (κ2) is 11.1. The molecule has 1 saturated heterocycles. The summed E-state index contributed by atoms with van der Waals surface area (Å²) in [6.45, 7) is 9.80. The van der Waals surface area contributed by atoms with E-state index in [1.54, 1.807) is 12.4 Å². The molecule has 168 valence electrons. The molecule has 1 aliphatic rings. The van der Waals surface area contributed by atoms with E-state index in [2.05, 4.69) is 41.1 Å². The van der Waals surface area contributed by atoms with E-state index in [-0.39, 0.29) is 12.1 Å². The van der Waals surface area contributed by atoms with Crippen molar-refractivity contribution in [3.63, 3.8) is 0 Å². The molecule has 1 N–H and O–H groups in total. The van der Waals surface area contributed by atoms with Gasteiger partial charge in [0.05, 0.1) is 30.7 Å². The summed E-state index contributed by atoms with van der Waals surface area (Å²) in [6, 6.07) is 8.06. The number of aromatic nitrogens is 2. The third-order valence-corrected chi connectivity index (χ3v) is 5.51. The average Bonchev–Trinajstić information content (AvgIpc) is 2.77. The van der Waals surface area contributed by atoms with E-state index in [0.717, 1.165) is 48.6 Å². The summed E-state index contributed by atoms with van der Waals surface area (Å²) < 4.78 is 5.74. The lowest BCUT2D eigenvalue weighted by atomic mass is 10.0. The van der Waals surface area contributed by atoms with Gasteiger partial charge in [-0.1, -0.05) is 26.0 Å². The zero-order chi connectivity index (χ0) is 22.2. The van der Waals surface area contributed by atoms with Crippen LogP contribution in [0.4, 0.5) is 4.79 Å². The van der Waals surface area contributed by atoms with Crippen LogP contribution in [-0.4, -0.2) is 58.6 Å². The normalized spacial score (nSPS) is 15.1. The third kappa shape index (κ3) is 7.21. The van der Waals surface area contributed by atoms with Crippen molar-refractivity contribution in [2.45, 2.75) is 52.7 Å². The van der Waals surface area contributed by atoms with Gasteiger partial charge in [0, 0.05) is 18.8 Å². The highest BCUT2D eigenvalue weighted by atomic mass is 16.5. The van der Waals surface area contributed by atoms with Crippen molar-refractivity contribution < 1.29 is 9.53 Å². The summed E-state index contributed by atoms with van der Waals surface area (Å²) in [7, 11) is 2.13. The highest BCUT2D eigenvalue weighted by Gasteiger charge is 2.27. The Hall–Kier alpha value is -2.67. The molecule has 1 aromatic carbocycles. The molecular weight excluding hydrogens is 390 g/mol. The fourth-order valence-corrected chi connectivity index (χ4v) is 3.59. The van der Waals surface area contributed by atoms with Gasteiger partial charge in [-0.3, -0.25) is 9.97 Å². The molecule has 0 spiro atoms. The van der Waals surface area contributed by atoms with E-state index >= 15 is 0 Å². The number of benzene rings is 1. The monoisotopic (exact) mass is 425 g/mol. The van der Waals surface area contributed by atoms with Gasteiger partial charge in [-0.05, 0) is 63.5 Å². The van der Waals surface area contributed by atoms with Crippen molar-refractivity contribution in [2.75, 3.05) is 26.7 Å². The SMILES string of the molecule is Cc1cnc(CN(C(=O)NCc2ccc(OCC(C)C)cc2)C2CCN(C)CC2)cn1. The van der Waals surface area contributed by atoms with Crippen molar-refractivity contribution in [3.05, 3.63) is 53.6 Å². The molecule has 3 rings (SSSR count). The number of hydrogen-bond donors (Lipinski definition) is 1. The van der Waals surface area contributed by atoms with Crippen LogP contribution in [0.3, 0.4) is 0 Å². The average molecular weight is 426 g/mol. The minimum absolute atomic E-state index is 0.0583. The number of urea groups is 1. The Balaban J connectivity index is 1.61. The van der Waals surface area contributed by atoms with Crippen LogP contribution in [-0.2, 0) is 13.1 Å². The third-order valence-electron chi connectivity index (χ3n) is 5.51. The van der Waals surface area contributed by atoms with Gasteiger partial charge in [0.1, 0.15) is 5.75 Å². The van der Waals surface area contributed by atoms with Gasteiger partial charge >= 0.3 is 6.03 Å². The Kier molecular flexibility index (Phi) is 8.23. The molecule has 0 radical (unpaired) electrons. The van der Waals surface area contributed by atoms with Crippen molar-refractivity contribution in [1.82, 2.24) is 25.1 Å². The standard InChI is InChI=1S/C24H35N5O2/c1-18(2)17-31-23-7-5-20(6-8-23)14-27-24(30)29(22-9-11-28(4)12-10-22)16-21-15-25-19(3)13-26-21/h5-8,13,15,18,22H,9-12,14,16-17H2,1-4H3,(H,27,30). The maximum atomic E-state index is 13.1. The largest absolute Gasteiger partial charge is 0.493 e. The lowest BCUT2D eigenvalue weighted by Crippen LogP contribution is -2.49. The molecule has 31 heavy (non-hydrogen) atoms. The van der Waals surface area contributed by atoms with Crippen LogP contribution >= 0.6 is 0 Å². The van der Waals surface area contributed by atoms with E-state index in [9.17, 15) is 4.79 Å². The molecule has 2 heterocycles. The molecule has 0 atom stereocenters. The molecule has 1 aliphatic heterocycles. The Morgan fingerprint density at radius 2 is 1.90 bits per heavy atom. The number of rotatable bonds is 8. The fourth-order valence-electron chi connectivity index (χ4n) is 3.59. The maximum absolute atomic E-state index is 13.1. The molecule has 0 aliphatic carbocycles. The van der Waals surface area contributed by atoms with Crippen molar-refractivity contribution in [3.8, 4) is 5.75 Å². The summed E-state index contributed by atoms with van der Waals surface area (Å²) >= 11 is 0. The quantitative estimate of drug-likeness (QED) is 0.699. The number of amides is 2. The number of nitrogens with zero attached hydrogens (tertiary/aromatic N) is 4. The van der Waals surface area contributed by atoms with Crippen LogP contribution in [0, 0.1) is 12.8 Å². The predicted octanol–water partition coefficient (Wildman–Crippen LogP) is 3.63. The molecule has 2 amide bonds. The number of piperidine rings is 1. The van der Waals surface area contributed by atoms with Gasteiger partial charge in [0.25, 0.3) is 0 Å². The molecular formula is C24H35N5O2. The van der Waals surface area contributed by atoms with E-state index in [0.29, 0.717) is 25.6 Å². The second-order valence-electron chi connectivity index (χ2n) is 8.82. The molecule has 0 bridgehead atoms. The zero-order valence-electron chi connectivity index (χ0n) is 19.2. The first-order chi connectivity index (χ1) is 14.9. The molecule has 0 unspecified atom stereocenters. The highest BCUT2D eigenvalue weighted by Crippen LogP contribution is 2.19. The number of aryl methyl sites for hydroxylation is 1. The second-order valence-corrected chi connectivity index (χ2v) is 8.82. The molecule has 1 fully saturated rings. The number of nitrogens with one attached hydrogen (secondary N) is 1. The Bertz CT molecular complexity index is 815. The fraction of sp³-hybridized carbons (Fsp3) is 0.542. The number of carbonyl (C=O) groups is 1. The molecule has 1 aromatic heterocycles. The van der Waals surface area contributed by atoms with Gasteiger partial charge in [0.2, 0.25) is 0 Å². The van der Waals surface area contributed by atoms with E-state index in [4.69, 9.17) is 4.74 Å². The number of ether oxygens (including phenoxy) is 1. The first kappa shape index (κ1) is 23.0. The smallest absolute Gasteiger partial charge is 0.318 e. The maximum Gasteiger partial charge on any atom is 0.318 e. The summed E-state index contributed by atoms with van der Waals surface area (Å²) in [5, 5.41) is 3.09. The van der Waals surface area contributed by atoms with Crippen molar-refractivity contribution >= 4 is 6.03 Å². The summed E-state index contributed by atoms with van der Waals surface area (Å²) in [5.74, 6) is 1.34. The van der Waals surface area contributed by atoms with E-state index in [1.165, 1.54) is 0 Å².